The molecule has 2 amide bonds. The van der Waals surface area contributed by atoms with Gasteiger partial charge < -0.3 is 10.2 Å². The molecule has 4 rings (SSSR count). The molecule has 1 atom stereocenters. The molecule has 0 aliphatic carbocycles. The van der Waals surface area contributed by atoms with Crippen molar-refractivity contribution >= 4 is 6.03 Å². The number of fused-ring (bicyclic) bond motifs is 1. The summed E-state index contributed by atoms with van der Waals surface area (Å²) in [4.78, 5) is 17.1. The van der Waals surface area contributed by atoms with Crippen molar-refractivity contribution in [2.24, 2.45) is 0 Å². The van der Waals surface area contributed by atoms with Crippen LogP contribution in [0.1, 0.15) is 48.2 Å². The second-order valence-corrected chi connectivity index (χ2v) is 8.07. The summed E-state index contributed by atoms with van der Waals surface area (Å²) in [6.07, 6.45) is 5.64. The molecule has 0 bridgehead atoms. The molecule has 0 spiro atoms. The Labute approximate surface area is 167 Å². The van der Waals surface area contributed by atoms with Gasteiger partial charge in [-0.05, 0) is 38.3 Å². The highest BCUT2D eigenvalue weighted by Gasteiger charge is 2.25. The Morgan fingerprint density at radius 3 is 2.96 bits per heavy atom. The van der Waals surface area contributed by atoms with E-state index in [1.807, 2.05) is 11.8 Å². The summed E-state index contributed by atoms with van der Waals surface area (Å²) in [5, 5.41) is 10.5. The van der Waals surface area contributed by atoms with Gasteiger partial charge in [-0.1, -0.05) is 36.8 Å². The van der Waals surface area contributed by atoms with Gasteiger partial charge in [-0.3, -0.25) is 10.00 Å². The molecule has 2 N–H and O–H groups in total. The molecule has 1 aromatic heterocycles. The van der Waals surface area contributed by atoms with Crippen molar-refractivity contribution in [3.8, 4) is 0 Å². The standard InChI is InChI=1S/C22H31N5O/c1-17-20-16-27(14-11-21(20)25-24-17)22(28)23-12-10-19-9-5-6-13-26(19)15-18-7-3-2-4-8-18/h2-4,7-8,19H,5-6,9-16H2,1H3,(H,23,28)(H,24,25)/t19-/m1/s1. The molecule has 1 aromatic carbocycles. The summed E-state index contributed by atoms with van der Waals surface area (Å²) < 4.78 is 0. The van der Waals surface area contributed by atoms with E-state index in [2.05, 4.69) is 50.7 Å². The molecule has 2 aliphatic rings. The molecule has 6 nitrogen and oxygen atoms in total. The van der Waals surface area contributed by atoms with Gasteiger partial charge in [0.2, 0.25) is 0 Å². The van der Waals surface area contributed by atoms with Crippen molar-refractivity contribution in [1.29, 1.82) is 0 Å². The van der Waals surface area contributed by atoms with E-state index in [1.165, 1.54) is 30.4 Å². The van der Waals surface area contributed by atoms with E-state index < -0.39 is 0 Å². The number of aryl methyl sites for hydroxylation is 1. The van der Waals surface area contributed by atoms with E-state index in [4.69, 9.17) is 0 Å². The zero-order chi connectivity index (χ0) is 19.3. The number of aromatic amines is 1. The lowest BCUT2D eigenvalue weighted by molar-refractivity contribution is 0.131. The fraction of sp³-hybridized carbons (Fsp3) is 0.545. The normalized spacial score (nSPS) is 20.0. The van der Waals surface area contributed by atoms with Crippen LogP contribution >= 0.6 is 0 Å². The molecule has 150 valence electrons. The maximum atomic E-state index is 12.6. The van der Waals surface area contributed by atoms with Crippen LogP contribution in [0.2, 0.25) is 0 Å². The maximum Gasteiger partial charge on any atom is 0.317 e. The molecule has 3 heterocycles. The Balaban J connectivity index is 1.26. The number of carbonyl (C=O) groups excluding carboxylic acids is 1. The first-order chi connectivity index (χ1) is 13.7. The van der Waals surface area contributed by atoms with Gasteiger partial charge in [0.25, 0.3) is 0 Å². The Kier molecular flexibility index (Phi) is 5.95. The number of nitrogens with zero attached hydrogens (tertiary/aromatic N) is 3. The second kappa shape index (κ2) is 8.78. The summed E-state index contributed by atoms with van der Waals surface area (Å²) in [6, 6.07) is 11.3. The summed E-state index contributed by atoms with van der Waals surface area (Å²) in [5.74, 6) is 0. The van der Waals surface area contributed by atoms with E-state index in [0.717, 1.165) is 50.4 Å². The van der Waals surface area contributed by atoms with Crippen LogP contribution in [-0.2, 0) is 19.5 Å². The number of carbonyl (C=O) groups is 1. The lowest BCUT2D eigenvalue weighted by Crippen LogP contribution is -2.45. The van der Waals surface area contributed by atoms with Crippen LogP contribution in [0.3, 0.4) is 0 Å². The highest BCUT2D eigenvalue weighted by molar-refractivity contribution is 5.74. The second-order valence-electron chi connectivity index (χ2n) is 8.07. The van der Waals surface area contributed by atoms with Gasteiger partial charge in [-0.15, -0.1) is 0 Å². The van der Waals surface area contributed by atoms with E-state index in [0.29, 0.717) is 12.6 Å². The van der Waals surface area contributed by atoms with Crippen LogP contribution < -0.4 is 5.32 Å². The molecule has 0 saturated carbocycles. The van der Waals surface area contributed by atoms with Crippen LogP contribution in [0.25, 0.3) is 0 Å². The number of hydrogen-bond donors (Lipinski definition) is 2. The number of urea groups is 1. The fourth-order valence-electron chi connectivity index (χ4n) is 4.47. The van der Waals surface area contributed by atoms with Gasteiger partial charge >= 0.3 is 6.03 Å². The van der Waals surface area contributed by atoms with Crippen molar-refractivity contribution in [2.75, 3.05) is 19.6 Å². The van der Waals surface area contributed by atoms with Crippen LogP contribution in [0.15, 0.2) is 30.3 Å². The summed E-state index contributed by atoms with van der Waals surface area (Å²) in [6.45, 7) is 6.33. The number of benzene rings is 1. The number of aromatic nitrogens is 2. The zero-order valence-electron chi connectivity index (χ0n) is 16.8. The maximum absolute atomic E-state index is 12.6. The van der Waals surface area contributed by atoms with Crippen molar-refractivity contribution in [1.82, 2.24) is 25.3 Å². The average Bonchev–Trinajstić information content (AvgIpc) is 3.10. The number of rotatable bonds is 5. The SMILES string of the molecule is Cc1[nH]nc2c1CN(C(=O)NCC[C@H]1CCCCN1Cc1ccccc1)CC2. The number of H-pyrrole nitrogens is 1. The Bertz CT molecular complexity index is 787. The van der Waals surface area contributed by atoms with Gasteiger partial charge in [-0.2, -0.15) is 5.10 Å². The third-order valence-corrected chi connectivity index (χ3v) is 6.15. The minimum absolute atomic E-state index is 0.0525. The van der Waals surface area contributed by atoms with Crippen molar-refractivity contribution in [2.45, 2.75) is 58.2 Å². The minimum Gasteiger partial charge on any atom is -0.338 e. The monoisotopic (exact) mass is 381 g/mol. The smallest absolute Gasteiger partial charge is 0.317 e. The van der Waals surface area contributed by atoms with Crippen molar-refractivity contribution < 1.29 is 4.79 Å². The van der Waals surface area contributed by atoms with Gasteiger partial charge in [-0.25, -0.2) is 4.79 Å². The van der Waals surface area contributed by atoms with E-state index in [9.17, 15) is 4.79 Å². The summed E-state index contributed by atoms with van der Waals surface area (Å²) in [7, 11) is 0. The summed E-state index contributed by atoms with van der Waals surface area (Å²) >= 11 is 0. The Morgan fingerprint density at radius 1 is 1.25 bits per heavy atom. The van der Waals surface area contributed by atoms with Crippen molar-refractivity contribution in [3.05, 3.63) is 52.8 Å². The lowest BCUT2D eigenvalue weighted by Gasteiger charge is -2.36. The molecule has 0 radical (unpaired) electrons. The molecular weight excluding hydrogens is 350 g/mol. The number of hydrogen-bond acceptors (Lipinski definition) is 3. The first-order valence-electron chi connectivity index (χ1n) is 10.5. The largest absolute Gasteiger partial charge is 0.338 e. The molecular formula is C22H31N5O. The lowest BCUT2D eigenvalue weighted by atomic mass is 9.98. The quantitative estimate of drug-likeness (QED) is 0.836. The topological polar surface area (TPSA) is 64.3 Å². The highest BCUT2D eigenvalue weighted by Crippen LogP contribution is 2.22. The molecule has 1 fully saturated rings. The third kappa shape index (κ3) is 4.38. The molecule has 2 aromatic rings. The summed E-state index contributed by atoms with van der Waals surface area (Å²) in [5.41, 5.74) is 4.74. The predicted octanol–water partition coefficient (Wildman–Crippen LogP) is 3.23. The third-order valence-electron chi connectivity index (χ3n) is 6.15. The molecule has 1 saturated heterocycles. The average molecular weight is 382 g/mol. The highest BCUT2D eigenvalue weighted by atomic mass is 16.2. The number of likely N-dealkylation sites (tertiary alicyclic amines) is 1. The van der Waals surface area contributed by atoms with Crippen molar-refractivity contribution in [3.63, 3.8) is 0 Å². The van der Waals surface area contributed by atoms with Gasteiger partial charge in [0.15, 0.2) is 0 Å². The first kappa shape index (κ1) is 19.0. The molecule has 0 unspecified atom stereocenters. The fourth-order valence-corrected chi connectivity index (χ4v) is 4.47. The van der Waals surface area contributed by atoms with Crippen LogP contribution in [0.4, 0.5) is 4.79 Å². The zero-order valence-corrected chi connectivity index (χ0v) is 16.8. The number of amides is 2. The van der Waals surface area contributed by atoms with Crippen LogP contribution in [0.5, 0.6) is 0 Å². The van der Waals surface area contributed by atoms with Gasteiger partial charge in [0, 0.05) is 43.4 Å². The van der Waals surface area contributed by atoms with Gasteiger partial charge in [0.1, 0.15) is 0 Å². The van der Waals surface area contributed by atoms with E-state index >= 15 is 0 Å². The molecule has 2 aliphatic heterocycles. The van der Waals surface area contributed by atoms with E-state index in [1.54, 1.807) is 0 Å². The first-order valence-corrected chi connectivity index (χ1v) is 10.5. The molecule has 28 heavy (non-hydrogen) atoms. The minimum atomic E-state index is 0.0525. The number of piperidine rings is 1. The van der Waals surface area contributed by atoms with Crippen LogP contribution in [-0.4, -0.2) is 51.7 Å². The number of nitrogens with one attached hydrogen (secondary N) is 2. The van der Waals surface area contributed by atoms with E-state index in [-0.39, 0.29) is 6.03 Å². The molecule has 6 heteroatoms. The van der Waals surface area contributed by atoms with Crippen LogP contribution in [0, 0.1) is 6.92 Å². The Hall–Kier alpha value is -2.34. The Morgan fingerprint density at radius 2 is 2.11 bits per heavy atom. The predicted molar refractivity (Wildman–Crippen MR) is 110 cm³/mol. The van der Waals surface area contributed by atoms with Gasteiger partial charge in [0.05, 0.1) is 12.2 Å².